The molecule has 0 heterocycles. The molecule has 0 saturated carbocycles. The minimum absolute atomic E-state index is 0. The Morgan fingerprint density at radius 2 is 1.75 bits per heavy atom. The van der Waals surface area contributed by atoms with Gasteiger partial charge >= 0.3 is 23.1 Å². The third-order valence-corrected chi connectivity index (χ3v) is 1.66. The van der Waals surface area contributed by atoms with Gasteiger partial charge in [-0.2, -0.15) is 5.75 Å². The molecule has 1 aromatic carbocycles. The van der Waals surface area contributed by atoms with Crippen molar-refractivity contribution in [3.8, 4) is 5.75 Å². The standard InChI is InChI=1S/C8H10OS.BrH.Mg/c1-9-8-4-2-7(6-10)3-5-8;;/h2-5,10H,6H2,1H3;1H;/q;;+2/p-2. The van der Waals surface area contributed by atoms with Crippen molar-refractivity contribution in [1.29, 1.82) is 0 Å². The predicted molar refractivity (Wildman–Crippen MR) is 49.8 cm³/mol. The molecule has 0 bridgehead atoms. The molecule has 12 heavy (non-hydrogen) atoms. The van der Waals surface area contributed by atoms with Crippen molar-refractivity contribution in [2.75, 3.05) is 7.11 Å². The summed E-state index contributed by atoms with van der Waals surface area (Å²) < 4.78 is 4.98. The summed E-state index contributed by atoms with van der Waals surface area (Å²) in [6.45, 7) is 0. The van der Waals surface area contributed by atoms with Gasteiger partial charge in [0.2, 0.25) is 0 Å². The van der Waals surface area contributed by atoms with Crippen molar-refractivity contribution in [2.45, 2.75) is 5.75 Å². The minimum Gasteiger partial charge on any atom is -1.00 e. The molecule has 0 spiro atoms. The van der Waals surface area contributed by atoms with Crippen LogP contribution in [0.15, 0.2) is 24.3 Å². The zero-order valence-electron chi connectivity index (χ0n) is 6.92. The molecule has 0 saturated heterocycles. The van der Waals surface area contributed by atoms with Gasteiger partial charge in [0.25, 0.3) is 0 Å². The SMILES string of the molecule is COc1ccc(C[S-])cc1.[Br-].[Mg+2]. The van der Waals surface area contributed by atoms with E-state index < -0.39 is 0 Å². The first-order valence-corrected chi connectivity index (χ1v) is 3.65. The van der Waals surface area contributed by atoms with Crippen molar-refractivity contribution in [2.24, 2.45) is 0 Å². The van der Waals surface area contributed by atoms with Crippen molar-refractivity contribution >= 4 is 35.7 Å². The van der Waals surface area contributed by atoms with Crippen LogP contribution < -0.4 is 21.7 Å². The Morgan fingerprint density at radius 3 is 2.08 bits per heavy atom. The van der Waals surface area contributed by atoms with Crippen LogP contribution in [-0.2, 0) is 18.4 Å². The maximum absolute atomic E-state index is 4.98. The van der Waals surface area contributed by atoms with Gasteiger partial charge in [-0.1, -0.05) is 17.7 Å². The smallest absolute Gasteiger partial charge is 1.00 e. The summed E-state index contributed by atoms with van der Waals surface area (Å²) >= 11 is 4.86. The fourth-order valence-corrected chi connectivity index (χ4v) is 0.914. The normalized spacial score (nSPS) is 7.83. The van der Waals surface area contributed by atoms with Crippen LogP contribution in [0.1, 0.15) is 5.56 Å². The predicted octanol–water partition coefficient (Wildman–Crippen LogP) is -1.63. The molecule has 1 rings (SSSR count). The Balaban J connectivity index is 0. The maximum Gasteiger partial charge on any atom is 2.00 e. The molecule has 4 heteroatoms. The zero-order chi connectivity index (χ0) is 7.40. The van der Waals surface area contributed by atoms with Gasteiger partial charge in [-0.3, -0.25) is 0 Å². The molecule has 0 aliphatic carbocycles. The molecular weight excluding hydrogens is 248 g/mol. The molecule has 0 radical (unpaired) electrons. The number of rotatable bonds is 2. The van der Waals surface area contributed by atoms with Crippen LogP contribution >= 0.6 is 0 Å². The monoisotopic (exact) mass is 256 g/mol. The zero-order valence-corrected chi connectivity index (χ0v) is 10.7. The Bertz CT molecular complexity index is 180. The van der Waals surface area contributed by atoms with Gasteiger partial charge in [-0.25, -0.2) is 0 Å². The second-order valence-electron chi connectivity index (χ2n) is 1.99. The number of halogens is 1. The van der Waals surface area contributed by atoms with Gasteiger partial charge in [-0.15, -0.1) is 0 Å². The Morgan fingerprint density at radius 1 is 1.25 bits per heavy atom. The van der Waals surface area contributed by atoms with Gasteiger partial charge in [0, 0.05) is 0 Å². The first-order valence-electron chi connectivity index (χ1n) is 3.08. The topological polar surface area (TPSA) is 9.23 Å². The van der Waals surface area contributed by atoms with Crippen molar-refractivity contribution in [1.82, 2.24) is 0 Å². The first kappa shape index (κ1) is 15.1. The van der Waals surface area contributed by atoms with Gasteiger partial charge in [-0.05, 0) is 12.1 Å². The van der Waals surface area contributed by atoms with E-state index in [4.69, 9.17) is 17.4 Å². The van der Waals surface area contributed by atoms with Crippen LogP contribution in [0.3, 0.4) is 0 Å². The average Bonchev–Trinajstić information content (AvgIpc) is 2.05. The van der Waals surface area contributed by atoms with Gasteiger partial charge in [0.1, 0.15) is 5.75 Å². The van der Waals surface area contributed by atoms with Crippen LogP contribution in [0.25, 0.3) is 0 Å². The van der Waals surface area contributed by atoms with Gasteiger partial charge in [0.15, 0.2) is 0 Å². The van der Waals surface area contributed by atoms with Crippen LogP contribution in [-0.4, -0.2) is 30.2 Å². The van der Waals surface area contributed by atoms with E-state index in [-0.39, 0.29) is 40.0 Å². The van der Waals surface area contributed by atoms with E-state index in [1.54, 1.807) is 7.11 Å². The molecule has 0 aliphatic rings. The van der Waals surface area contributed by atoms with Crippen LogP contribution in [0, 0.1) is 0 Å². The summed E-state index contributed by atoms with van der Waals surface area (Å²) in [5.41, 5.74) is 1.16. The fraction of sp³-hybridized carbons (Fsp3) is 0.250. The second kappa shape index (κ2) is 8.23. The van der Waals surface area contributed by atoms with Gasteiger partial charge in [0.05, 0.1) is 7.11 Å². The molecule has 62 valence electrons. The van der Waals surface area contributed by atoms with Crippen LogP contribution in [0.5, 0.6) is 5.75 Å². The number of ether oxygens (including phenoxy) is 1. The van der Waals surface area contributed by atoms with E-state index in [1.165, 1.54) is 0 Å². The van der Waals surface area contributed by atoms with Crippen LogP contribution in [0.4, 0.5) is 0 Å². The van der Waals surface area contributed by atoms with Crippen molar-refractivity contribution in [3.63, 3.8) is 0 Å². The number of methoxy groups -OCH3 is 1. The quantitative estimate of drug-likeness (QED) is 0.465. The largest absolute Gasteiger partial charge is 2.00 e. The summed E-state index contributed by atoms with van der Waals surface area (Å²) in [4.78, 5) is 0. The Labute approximate surface area is 105 Å². The molecule has 1 nitrogen and oxygen atoms in total. The van der Waals surface area contributed by atoms with E-state index in [0.29, 0.717) is 5.75 Å². The van der Waals surface area contributed by atoms with E-state index in [0.717, 1.165) is 11.3 Å². The summed E-state index contributed by atoms with van der Waals surface area (Å²) in [5, 5.41) is 0. The van der Waals surface area contributed by atoms with Crippen LogP contribution in [0.2, 0.25) is 0 Å². The Kier molecular flexibility index (Phi) is 10.4. The van der Waals surface area contributed by atoms with Crippen molar-refractivity contribution < 1.29 is 21.7 Å². The summed E-state index contributed by atoms with van der Waals surface area (Å²) in [6.07, 6.45) is 0. The molecule has 1 aromatic rings. The minimum atomic E-state index is 0. The maximum atomic E-state index is 4.98. The molecule has 0 unspecified atom stereocenters. The third kappa shape index (κ3) is 4.60. The molecule has 0 aromatic heterocycles. The van der Waals surface area contributed by atoms with E-state index >= 15 is 0 Å². The van der Waals surface area contributed by atoms with E-state index in [1.807, 2.05) is 24.3 Å². The fourth-order valence-electron chi connectivity index (χ4n) is 0.722. The van der Waals surface area contributed by atoms with Gasteiger partial charge < -0.3 is 34.3 Å². The number of benzene rings is 1. The van der Waals surface area contributed by atoms with Crippen molar-refractivity contribution in [3.05, 3.63) is 29.8 Å². The Hall–Kier alpha value is 0.616. The third-order valence-electron chi connectivity index (χ3n) is 1.33. The van der Waals surface area contributed by atoms with E-state index in [2.05, 4.69) is 0 Å². The first-order chi connectivity index (χ1) is 4.86. The average molecular weight is 257 g/mol. The second-order valence-corrected chi connectivity index (χ2v) is 2.28. The summed E-state index contributed by atoms with van der Waals surface area (Å²) in [6, 6.07) is 7.79. The molecular formula is C8H9BrMgOS. The molecule has 0 N–H and O–H groups in total. The molecule has 0 atom stereocenters. The number of hydrogen-bond donors (Lipinski definition) is 0. The summed E-state index contributed by atoms with van der Waals surface area (Å²) in [7, 11) is 1.66. The summed E-state index contributed by atoms with van der Waals surface area (Å²) in [5.74, 6) is 1.55. The molecule has 0 amide bonds. The van der Waals surface area contributed by atoms with E-state index in [9.17, 15) is 0 Å². The molecule has 0 fully saturated rings. The molecule has 0 aliphatic heterocycles. The number of hydrogen-bond acceptors (Lipinski definition) is 2.